The Labute approximate surface area is 164 Å². The molecule has 7 nitrogen and oxygen atoms in total. The van der Waals surface area contributed by atoms with Gasteiger partial charge in [0.25, 0.3) is 0 Å². The van der Waals surface area contributed by atoms with Crippen LogP contribution in [0.2, 0.25) is 0 Å². The van der Waals surface area contributed by atoms with Gasteiger partial charge in [0.15, 0.2) is 5.82 Å². The van der Waals surface area contributed by atoms with Crippen molar-refractivity contribution in [2.45, 2.75) is 19.8 Å². The monoisotopic (exact) mass is 381 g/mol. The minimum Gasteiger partial charge on any atom is -0.464 e. The Morgan fingerprint density at radius 2 is 1.96 bits per heavy atom. The molecule has 1 aliphatic rings. The largest absolute Gasteiger partial charge is 0.464 e. The van der Waals surface area contributed by atoms with Gasteiger partial charge in [-0.25, -0.2) is 0 Å². The first kappa shape index (κ1) is 18.7. The fraction of sp³-hybridized carbons (Fsp3) is 0.429. The maximum Gasteiger partial charge on any atom is 0.247 e. The van der Waals surface area contributed by atoms with Crippen molar-refractivity contribution in [3.05, 3.63) is 36.6 Å². The average molecular weight is 381 g/mol. The Morgan fingerprint density at radius 3 is 2.68 bits per heavy atom. The molecule has 3 heterocycles. The Hall–Kier alpha value is -2.64. The summed E-state index contributed by atoms with van der Waals surface area (Å²) in [6.07, 6.45) is 2.91. The summed E-state index contributed by atoms with van der Waals surface area (Å²) in [7, 11) is 0. The van der Waals surface area contributed by atoms with Gasteiger partial charge in [0.1, 0.15) is 5.76 Å². The molecule has 0 radical (unpaired) electrons. The first-order valence-corrected chi connectivity index (χ1v) is 9.95. The van der Waals surface area contributed by atoms with Gasteiger partial charge >= 0.3 is 0 Å². The van der Waals surface area contributed by atoms with Crippen LogP contribution in [0, 0.1) is 0 Å². The van der Waals surface area contributed by atoms with Crippen molar-refractivity contribution < 1.29 is 9.21 Å². The molecule has 7 heteroatoms. The van der Waals surface area contributed by atoms with Crippen LogP contribution in [-0.4, -0.2) is 64.8 Å². The summed E-state index contributed by atoms with van der Waals surface area (Å²) in [4.78, 5) is 17.7. The van der Waals surface area contributed by atoms with Crippen LogP contribution in [0.3, 0.4) is 0 Å². The molecule has 148 valence electrons. The highest BCUT2D eigenvalue weighted by Crippen LogP contribution is 2.28. The maximum atomic E-state index is 12.8. The number of rotatable bonds is 6. The van der Waals surface area contributed by atoms with Gasteiger partial charge in [-0.2, -0.15) is 4.68 Å². The zero-order valence-electron chi connectivity index (χ0n) is 16.3. The fourth-order valence-corrected chi connectivity index (χ4v) is 3.81. The summed E-state index contributed by atoms with van der Waals surface area (Å²) in [6.45, 7) is 8.63. The van der Waals surface area contributed by atoms with Crippen molar-refractivity contribution in [2.75, 3.05) is 45.0 Å². The topological polar surface area (TPSA) is 80.5 Å². The Balaban J connectivity index is 1.43. The van der Waals surface area contributed by atoms with Gasteiger partial charge in [0.2, 0.25) is 5.91 Å². The van der Waals surface area contributed by atoms with Crippen LogP contribution < -0.4 is 5.73 Å². The van der Waals surface area contributed by atoms with E-state index in [9.17, 15) is 4.79 Å². The number of anilines is 1. The second-order valence-corrected chi connectivity index (χ2v) is 7.28. The molecule has 0 spiro atoms. The predicted octanol–water partition coefficient (Wildman–Crippen LogP) is 2.94. The number of furan rings is 1. The molecule has 0 saturated carbocycles. The summed E-state index contributed by atoms with van der Waals surface area (Å²) in [5, 5.41) is 5.08. The fourth-order valence-electron chi connectivity index (χ4n) is 3.81. The predicted molar refractivity (Wildman–Crippen MR) is 110 cm³/mol. The Bertz CT molecular complexity index is 939. The number of carbonyl (C=O) groups excluding carboxylic acids is 1. The van der Waals surface area contributed by atoms with Crippen molar-refractivity contribution in [3.8, 4) is 11.3 Å². The van der Waals surface area contributed by atoms with Gasteiger partial charge in [0.05, 0.1) is 11.8 Å². The van der Waals surface area contributed by atoms with Gasteiger partial charge in [-0.05, 0) is 43.8 Å². The van der Waals surface area contributed by atoms with Crippen molar-refractivity contribution in [1.29, 1.82) is 0 Å². The number of nitrogen functional groups attached to an aromatic ring is 1. The van der Waals surface area contributed by atoms with Crippen LogP contribution in [0.5, 0.6) is 0 Å². The third-order valence-electron chi connectivity index (χ3n) is 5.53. The highest BCUT2D eigenvalue weighted by Gasteiger charge is 2.18. The minimum absolute atomic E-state index is 0.0227. The second kappa shape index (κ2) is 8.16. The van der Waals surface area contributed by atoms with Gasteiger partial charge in [0, 0.05) is 43.5 Å². The van der Waals surface area contributed by atoms with Crippen LogP contribution >= 0.6 is 0 Å². The van der Waals surface area contributed by atoms with Gasteiger partial charge in [-0.1, -0.05) is 13.0 Å². The van der Waals surface area contributed by atoms with E-state index in [4.69, 9.17) is 10.2 Å². The van der Waals surface area contributed by atoms with Crippen molar-refractivity contribution >= 4 is 22.6 Å². The van der Waals surface area contributed by atoms with E-state index < -0.39 is 0 Å². The standard InChI is InChI=1S/C21H27N5O2/c1-2-24-10-12-25(13-11-24)9-3-6-20(27)26-18-15-16(19-5-4-14-28-19)7-8-17(18)21(22)23-26/h4-5,7-8,14-15H,2-3,6,9-13H2,1H3,(H2,22,23). The zero-order valence-corrected chi connectivity index (χ0v) is 16.3. The molecule has 1 fully saturated rings. The molecule has 2 aromatic heterocycles. The van der Waals surface area contributed by atoms with Crippen LogP contribution in [0.4, 0.5) is 5.82 Å². The molecule has 0 amide bonds. The smallest absolute Gasteiger partial charge is 0.247 e. The molecule has 1 aliphatic heterocycles. The number of benzene rings is 1. The third kappa shape index (κ3) is 3.81. The van der Waals surface area contributed by atoms with Crippen LogP contribution in [0.15, 0.2) is 41.0 Å². The number of carbonyl (C=O) groups is 1. The normalized spacial score (nSPS) is 16.0. The van der Waals surface area contributed by atoms with Crippen LogP contribution in [-0.2, 0) is 0 Å². The molecule has 2 N–H and O–H groups in total. The molecule has 0 bridgehead atoms. The average Bonchev–Trinajstić information content (AvgIpc) is 3.37. The van der Waals surface area contributed by atoms with E-state index >= 15 is 0 Å². The molecule has 28 heavy (non-hydrogen) atoms. The quantitative estimate of drug-likeness (QED) is 0.707. The number of piperazine rings is 1. The maximum absolute atomic E-state index is 12.8. The number of likely N-dealkylation sites (N-methyl/N-ethyl adjacent to an activating group) is 1. The van der Waals surface area contributed by atoms with E-state index in [1.807, 2.05) is 30.3 Å². The zero-order chi connectivity index (χ0) is 19.5. The van der Waals surface area contributed by atoms with Crippen LogP contribution in [0.1, 0.15) is 24.6 Å². The van der Waals surface area contributed by atoms with E-state index in [1.165, 1.54) is 4.68 Å². The molecule has 3 aromatic rings. The van der Waals surface area contributed by atoms with E-state index in [-0.39, 0.29) is 5.91 Å². The first-order chi connectivity index (χ1) is 13.7. The lowest BCUT2D eigenvalue weighted by atomic mass is 10.1. The van der Waals surface area contributed by atoms with Crippen molar-refractivity contribution in [2.24, 2.45) is 0 Å². The van der Waals surface area contributed by atoms with E-state index in [1.54, 1.807) is 6.26 Å². The van der Waals surface area contributed by atoms with E-state index in [0.29, 0.717) is 12.2 Å². The van der Waals surface area contributed by atoms with Gasteiger partial charge < -0.3 is 20.0 Å². The van der Waals surface area contributed by atoms with Crippen molar-refractivity contribution in [3.63, 3.8) is 0 Å². The Morgan fingerprint density at radius 1 is 1.18 bits per heavy atom. The highest BCUT2D eigenvalue weighted by atomic mass is 16.3. The second-order valence-electron chi connectivity index (χ2n) is 7.28. The summed E-state index contributed by atoms with van der Waals surface area (Å²) >= 11 is 0. The summed E-state index contributed by atoms with van der Waals surface area (Å²) in [5.74, 6) is 1.11. The van der Waals surface area contributed by atoms with Gasteiger partial charge in [-0.15, -0.1) is 5.10 Å². The first-order valence-electron chi connectivity index (χ1n) is 9.95. The highest BCUT2D eigenvalue weighted by molar-refractivity contribution is 5.98. The molecule has 0 unspecified atom stereocenters. The third-order valence-corrected chi connectivity index (χ3v) is 5.53. The summed E-state index contributed by atoms with van der Waals surface area (Å²) in [5.41, 5.74) is 7.67. The van der Waals surface area contributed by atoms with Crippen molar-refractivity contribution in [1.82, 2.24) is 19.6 Å². The number of fused-ring (bicyclic) bond motifs is 1. The number of hydrogen-bond donors (Lipinski definition) is 1. The summed E-state index contributed by atoms with van der Waals surface area (Å²) in [6, 6.07) is 9.48. The molecule has 0 aliphatic carbocycles. The minimum atomic E-state index is -0.0227. The molecule has 0 atom stereocenters. The number of hydrogen-bond acceptors (Lipinski definition) is 6. The van der Waals surface area contributed by atoms with E-state index in [0.717, 1.165) is 67.9 Å². The molecule has 1 aromatic carbocycles. The summed E-state index contributed by atoms with van der Waals surface area (Å²) < 4.78 is 6.92. The lowest BCUT2D eigenvalue weighted by Crippen LogP contribution is -2.46. The Kier molecular flexibility index (Phi) is 5.45. The molecular formula is C21H27N5O2. The van der Waals surface area contributed by atoms with Crippen LogP contribution in [0.25, 0.3) is 22.2 Å². The number of nitrogens with two attached hydrogens (primary N) is 1. The molecule has 1 saturated heterocycles. The van der Waals surface area contributed by atoms with E-state index in [2.05, 4.69) is 21.8 Å². The number of nitrogens with zero attached hydrogens (tertiary/aromatic N) is 4. The number of aromatic nitrogens is 2. The van der Waals surface area contributed by atoms with Gasteiger partial charge in [-0.3, -0.25) is 4.79 Å². The molecular weight excluding hydrogens is 354 g/mol. The SMILES string of the molecule is CCN1CCN(CCCC(=O)n2nc(N)c3ccc(-c4ccco4)cc32)CC1. The molecule has 4 rings (SSSR count). The lowest BCUT2D eigenvalue weighted by Gasteiger charge is -2.33. The lowest BCUT2D eigenvalue weighted by molar-refractivity contribution is 0.0875.